The fraction of sp³-hybridized carbons (Fsp3) is 0.919. The first kappa shape index (κ1) is 92.0. The number of aliphatic hydroxyl groups is 16. The van der Waals surface area contributed by atoms with E-state index in [9.17, 15) is 91.3 Å². The number of carbonyl (C=O) groups is 2. The molecule has 5 aliphatic rings. The summed E-state index contributed by atoms with van der Waals surface area (Å²) in [5.74, 6) is -1.07. The lowest BCUT2D eigenvalue weighted by molar-refractivity contribution is -0.394. The quantitative estimate of drug-likeness (QED) is 0.0304. The van der Waals surface area contributed by atoms with Gasteiger partial charge in [0.1, 0.15) is 122 Å². The molecule has 0 spiro atoms. The number of hydrogen-bond donors (Lipinski definition) is 18. The standard InChI is InChI=1S/C74H134N2O28/c1-4-6-8-10-12-14-16-18-19-20-21-22-23-24-25-27-29-31-33-35-37-39-54(84)76-47(48(83)38-36-34-32-30-28-26-17-15-13-11-9-7-5-2)45-95-71-62(91)61(90)66(53(44-81)100-71)101-72-64(93)68(58(87)51(42-79)97-72)103-74-65(94)69(59(88)52(43-80)99-74)104-73-63(92)67(57(86)50(41-78)98-73)102-70-55(75-46(3)82)60(89)56(85)49(40-77)96-70/h18-19,36,38,47-53,55-74,77-81,83,85-94H,4-17,20-35,37,39-45H2,1-3H3,(H,75,82)(H,76,84)/b19-18-,38-36+/t47-,48+,49?,50?,51?,52?,53?,55?,56-,57-,58-,59-,60+,61+,62?,63?,64?,65?,66+,67-,68-,69-,70-,71+,72-,73+,74+/m0/s1. The van der Waals surface area contributed by atoms with Crippen molar-refractivity contribution in [2.45, 2.75) is 392 Å². The van der Waals surface area contributed by atoms with Crippen LogP contribution >= 0.6 is 0 Å². The Bertz CT molecular complexity index is 2300. The van der Waals surface area contributed by atoms with Crippen LogP contribution in [0.4, 0.5) is 0 Å². The molecule has 27 atom stereocenters. The third-order valence-electron chi connectivity index (χ3n) is 20.4. The van der Waals surface area contributed by atoms with Gasteiger partial charge in [-0.05, 0) is 44.9 Å². The largest absolute Gasteiger partial charge is 0.394 e. The van der Waals surface area contributed by atoms with Crippen molar-refractivity contribution in [2.24, 2.45) is 0 Å². The molecule has 0 aromatic rings. The van der Waals surface area contributed by atoms with Crippen LogP contribution in [-0.4, -0.2) is 299 Å². The van der Waals surface area contributed by atoms with E-state index in [2.05, 4.69) is 36.6 Å². The Kier molecular flexibility index (Phi) is 45.8. The molecule has 0 aromatic carbocycles. The third-order valence-corrected chi connectivity index (χ3v) is 20.4. The molecule has 0 aliphatic carbocycles. The molecule has 5 saturated heterocycles. The summed E-state index contributed by atoms with van der Waals surface area (Å²) in [6.07, 6.45) is -2.59. The van der Waals surface area contributed by atoms with Crippen LogP contribution in [0.3, 0.4) is 0 Å². The zero-order valence-corrected chi connectivity index (χ0v) is 61.8. The number of ether oxygens (including phenoxy) is 10. The summed E-state index contributed by atoms with van der Waals surface area (Å²) in [4.78, 5) is 25.7. The number of aliphatic hydroxyl groups excluding tert-OH is 16. The molecule has 2 amide bonds. The van der Waals surface area contributed by atoms with E-state index < -0.39 is 211 Å². The Morgan fingerprint density at radius 3 is 1.11 bits per heavy atom. The van der Waals surface area contributed by atoms with Crippen LogP contribution in [0.2, 0.25) is 0 Å². The first-order chi connectivity index (χ1) is 50.2. The summed E-state index contributed by atoms with van der Waals surface area (Å²) in [5.41, 5.74) is 0. The number of amides is 2. The normalized spacial score (nSPS) is 34.8. The smallest absolute Gasteiger partial charge is 0.220 e. The molecule has 0 saturated carbocycles. The maximum Gasteiger partial charge on any atom is 0.220 e. The highest BCUT2D eigenvalue weighted by atomic mass is 16.8. The fourth-order valence-electron chi connectivity index (χ4n) is 14.0. The average molecular weight is 1500 g/mol. The van der Waals surface area contributed by atoms with Crippen LogP contribution in [0, 0.1) is 0 Å². The summed E-state index contributed by atoms with van der Waals surface area (Å²) >= 11 is 0. The van der Waals surface area contributed by atoms with Crippen LogP contribution in [0.5, 0.6) is 0 Å². The molecule has 608 valence electrons. The van der Waals surface area contributed by atoms with Crippen molar-refractivity contribution in [1.82, 2.24) is 10.6 Å². The summed E-state index contributed by atoms with van der Waals surface area (Å²) in [5, 5.41) is 182. The van der Waals surface area contributed by atoms with Crippen LogP contribution in [0.15, 0.2) is 24.3 Å². The first-order valence-corrected chi connectivity index (χ1v) is 39.1. The molecule has 18 N–H and O–H groups in total. The second-order valence-corrected chi connectivity index (χ2v) is 28.9. The highest BCUT2D eigenvalue weighted by molar-refractivity contribution is 5.76. The van der Waals surface area contributed by atoms with E-state index in [0.717, 1.165) is 64.7 Å². The predicted molar refractivity (Wildman–Crippen MR) is 377 cm³/mol. The van der Waals surface area contributed by atoms with Crippen LogP contribution < -0.4 is 10.6 Å². The number of unbranched alkanes of at least 4 members (excludes halogenated alkanes) is 28. The first-order valence-electron chi connectivity index (χ1n) is 39.1. The van der Waals surface area contributed by atoms with Gasteiger partial charge < -0.3 is 140 Å². The highest BCUT2D eigenvalue weighted by Gasteiger charge is 2.57. The summed E-state index contributed by atoms with van der Waals surface area (Å²) in [6.45, 7) is 0.342. The van der Waals surface area contributed by atoms with Gasteiger partial charge in [0.2, 0.25) is 11.8 Å². The van der Waals surface area contributed by atoms with E-state index in [0.29, 0.717) is 12.8 Å². The maximum atomic E-state index is 13.5. The zero-order chi connectivity index (χ0) is 75.9. The molecule has 0 radical (unpaired) electrons. The van der Waals surface area contributed by atoms with Crippen molar-refractivity contribution in [3.05, 3.63) is 24.3 Å². The number of carbonyl (C=O) groups excluding carboxylic acids is 2. The molecule has 30 heteroatoms. The van der Waals surface area contributed by atoms with Gasteiger partial charge in [-0.15, -0.1) is 0 Å². The van der Waals surface area contributed by atoms with E-state index in [1.54, 1.807) is 6.08 Å². The number of nitrogens with one attached hydrogen (secondary N) is 2. The van der Waals surface area contributed by atoms with Crippen LogP contribution in [0.25, 0.3) is 0 Å². The molecule has 5 fully saturated rings. The van der Waals surface area contributed by atoms with Crippen LogP contribution in [-0.2, 0) is 57.0 Å². The van der Waals surface area contributed by atoms with E-state index in [1.807, 2.05) is 6.08 Å². The Balaban J connectivity index is 1.17. The van der Waals surface area contributed by atoms with Gasteiger partial charge >= 0.3 is 0 Å². The minimum Gasteiger partial charge on any atom is -0.394 e. The van der Waals surface area contributed by atoms with Crippen LogP contribution in [0.1, 0.15) is 226 Å². The Morgan fingerprint density at radius 1 is 0.375 bits per heavy atom. The van der Waals surface area contributed by atoms with Gasteiger partial charge in [0.15, 0.2) is 31.5 Å². The minimum absolute atomic E-state index is 0.187. The Morgan fingerprint density at radius 2 is 0.712 bits per heavy atom. The Hall–Kier alpha value is -2.62. The van der Waals surface area contributed by atoms with Gasteiger partial charge in [-0.3, -0.25) is 9.59 Å². The average Bonchev–Trinajstić information content (AvgIpc) is 0.776. The van der Waals surface area contributed by atoms with E-state index in [-0.39, 0.29) is 12.3 Å². The minimum atomic E-state index is -2.23. The summed E-state index contributed by atoms with van der Waals surface area (Å²) in [6, 6.07) is -2.63. The van der Waals surface area contributed by atoms with Crippen molar-refractivity contribution in [1.29, 1.82) is 0 Å². The Labute approximate surface area is 614 Å². The molecular formula is C74H134N2O28. The van der Waals surface area contributed by atoms with Gasteiger partial charge in [0, 0.05) is 13.3 Å². The van der Waals surface area contributed by atoms with Crippen molar-refractivity contribution in [2.75, 3.05) is 39.6 Å². The molecule has 10 unspecified atom stereocenters. The van der Waals surface area contributed by atoms with Gasteiger partial charge in [-0.1, -0.05) is 192 Å². The van der Waals surface area contributed by atoms with Gasteiger partial charge in [-0.2, -0.15) is 0 Å². The maximum absolute atomic E-state index is 13.5. The molecule has 5 heterocycles. The van der Waals surface area contributed by atoms with Crippen molar-refractivity contribution >= 4 is 11.8 Å². The molecule has 30 nitrogen and oxygen atoms in total. The van der Waals surface area contributed by atoms with Crippen molar-refractivity contribution < 1.29 is 139 Å². The second kappa shape index (κ2) is 51.8. The number of rotatable bonds is 53. The SMILES string of the molecule is CCCCCCCC/C=C\CCCCCCCCCCCCCC(=O)N[C@@H](CO[C@@H]1OC(CO)[C@@H](O[C@@H]2OC(CO)[C@H](O)[C@H](O[C@H]3OC(CO)[C@H](O)[C@H](O[C@H]4OC(CO)[C@H](O)[C@H](O[C@@H]5OC(CO)[C@H](O)[C@H](O)C5NC(C)=O)C4O)C3O)C2O)[C@H](O)C1O)[C@H](O)/C=C/CCCCCCCCCCCCC. The van der Waals surface area contributed by atoms with E-state index >= 15 is 0 Å². The van der Waals surface area contributed by atoms with Crippen molar-refractivity contribution in [3.63, 3.8) is 0 Å². The number of allylic oxidation sites excluding steroid dienone is 3. The lowest BCUT2D eigenvalue weighted by Crippen LogP contribution is -2.69. The topological polar surface area (TPSA) is 474 Å². The van der Waals surface area contributed by atoms with Crippen molar-refractivity contribution in [3.8, 4) is 0 Å². The lowest BCUT2D eigenvalue weighted by Gasteiger charge is -2.50. The molecule has 5 aliphatic heterocycles. The van der Waals surface area contributed by atoms with Gasteiger partial charge in [0.25, 0.3) is 0 Å². The molecule has 0 bridgehead atoms. The molecule has 0 aromatic heterocycles. The van der Waals surface area contributed by atoms with Gasteiger partial charge in [0.05, 0.1) is 51.8 Å². The zero-order valence-electron chi connectivity index (χ0n) is 61.8. The number of hydrogen-bond acceptors (Lipinski definition) is 28. The third kappa shape index (κ3) is 30.2. The summed E-state index contributed by atoms with van der Waals surface area (Å²) in [7, 11) is 0. The molecular weight excluding hydrogens is 1360 g/mol. The molecule has 5 rings (SSSR count). The second-order valence-electron chi connectivity index (χ2n) is 28.9. The predicted octanol–water partition coefficient (Wildman–Crippen LogP) is 1.72. The fourth-order valence-corrected chi connectivity index (χ4v) is 14.0. The van der Waals surface area contributed by atoms with E-state index in [1.165, 1.54) is 128 Å². The molecule has 104 heavy (non-hydrogen) atoms. The monoisotopic (exact) mass is 1500 g/mol. The lowest BCUT2D eigenvalue weighted by atomic mass is 9.94. The highest BCUT2D eigenvalue weighted by Crippen LogP contribution is 2.37. The van der Waals surface area contributed by atoms with E-state index in [4.69, 9.17) is 47.4 Å². The summed E-state index contributed by atoms with van der Waals surface area (Å²) < 4.78 is 58.2. The van der Waals surface area contributed by atoms with Gasteiger partial charge in [-0.25, -0.2) is 0 Å².